The third-order valence-electron chi connectivity index (χ3n) is 6.38. The molecule has 0 spiro atoms. The van der Waals surface area contributed by atoms with Gasteiger partial charge < -0.3 is 14.3 Å². The number of carbonyl (C=O) groups excluding carboxylic acids is 2. The largest absolute Gasteiger partial charge is 0.489 e. The lowest BCUT2D eigenvalue weighted by molar-refractivity contribution is -0.139. The Hall–Kier alpha value is -3.55. The van der Waals surface area contributed by atoms with Crippen molar-refractivity contribution in [1.82, 2.24) is 19.3 Å². The Morgan fingerprint density at radius 2 is 1.70 bits per heavy atom. The number of hydrogen-bond donors (Lipinski definition) is 1. The summed E-state index contributed by atoms with van der Waals surface area (Å²) >= 11 is 0. The summed E-state index contributed by atoms with van der Waals surface area (Å²) in [6, 6.07) is 2.43. The Labute approximate surface area is 233 Å². The van der Waals surface area contributed by atoms with E-state index in [9.17, 15) is 22.8 Å². The van der Waals surface area contributed by atoms with E-state index in [1.807, 2.05) is 32.6 Å². The molecule has 40 heavy (non-hydrogen) atoms. The number of esters is 1. The maximum absolute atomic E-state index is 13.6. The molecule has 13 heteroatoms. The molecule has 0 saturated carbocycles. The average molecular weight is 577 g/mol. The quantitative estimate of drug-likeness (QED) is 0.240. The number of fused-ring (bicyclic) bond motifs is 4. The van der Waals surface area contributed by atoms with Crippen LogP contribution < -0.4 is 24.6 Å². The molecule has 0 amide bonds. The van der Waals surface area contributed by atoms with Gasteiger partial charge in [0.1, 0.15) is 0 Å². The summed E-state index contributed by atoms with van der Waals surface area (Å²) in [5, 5.41) is 0. The normalized spacial score (nSPS) is 14.3. The fourth-order valence-electron chi connectivity index (χ4n) is 4.35. The Bertz CT molecular complexity index is 1460. The van der Waals surface area contributed by atoms with Crippen molar-refractivity contribution in [2.24, 2.45) is 0 Å². The van der Waals surface area contributed by atoms with Crippen LogP contribution in [-0.4, -0.2) is 60.8 Å². The van der Waals surface area contributed by atoms with Crippen LogP contribution in [0.5, 0.6) is 11.5 Å². The van der Waals surface area contributed by atoms with Gasteiger partial charge in [0, 0.05) is 23.8 Å². The van der Waals surface area contributed by atoms with Gasteiger partial charge >= 0.3 is 11.9 Å². The highest BCUT2D eigenvalue weighted by Crippen LogP contribution is 2.40. The fourth-order valence-corrected chi connectivity index (χ4v) is 5.62. The summed E-state index contributed by atoms with van der Waals surface area (Å²) in [7, 11) is -4.19. The number of nitrogens with one attached hydrogen (secondary N) is 1. The van der Waals surface area contributed by atoms with Crippen LogP contribution in [0.3, 0.4) is 0 Å². The van der Waals surface area contributed by atoms with E-state index < -0.39 is 33.7 Å². The molecule has 1 aliphatic heterocycles. The highest BCUT2D eigenvalue weighted by Gasteiger charge is 2.30. The van der Waals surface area contributed by atoms with Gasteiger partial charge in [-0.1, -0.05) is 34.6 Å². The third-order valence-corrected chi connectivity index (χ3v) is 7.88. The van der Waals surface area contributed by atoms with Crippen LogP contribution in [0.25, 0.3) is 11.4 Å². The number of aromatic nitrogens is 2. The van der Waals surface area contributed by atoms with Crippen LogP contribution in [0.4, 0.5) is 0 Å². The second kappa shape index (κ2) is 13.2. The standard InChI is InChI=1S/C27H36N4O8S/c1-7-14-37-25-20-15-18(40(35,36)29-17(6)30(10-4)11-5)16-22(25)38-23(32)12-13-24(33)39-31-26(20)28-21(9-3)19(8-2)27(31)34/h12-13,15-17,29H,7-11,14H2,1-6H3. The molecule has 0 fully saturated rings. The molecule has 1 aliphatic rings. The molecule has 2 aromatic rings. The highest BCUT2D eigenvalue weighted by molar-refractivity contribution is 7.89. The number of rotatable bonds is 11. The van der Waals surface area contributed by atoms with Crippen LogP contribution in [-0.2, 0) is 32.5 Å². The molecule has 1 atom stereocenters. The minimum absolute atomic E-state index is 0.00114. The molecule has 2 heterocycles. The molecule has 0 aliphatic carbocycles. The molecule has 0 saturated heterocycles. The second-order valence-electron chi connectivity index (χ2n) is 9.00. The summed E-state index contributed by atoms with van der Waals surface area (Å²) in [5.74, 6) is -2.41. The van der Waals surface area contributed by atoms with Crippen molar-refractivity contribution in [3.8, 4) is 22.9 Å². The van der Waals surface area contributed by atoms with Crippen molar-refractivity contribution in [3.05, 3.63) is 45.9 Å². The van der Waals surface area contributed by atoms with Crippen molar-refractivity contribution in [2.75, 3.05) is 19.7 Å². The Morgan fingerprint density at radius 1 is 1.02 bits per heavy atom. The topological polar surface area (TPSA) is 146 Å². The van der Waals surface area contributed by atoms with Crippen molar-refractivity contribution >= 4 is 22.0 Å². The van der Waals surface area contributed by atoms with Gasteiger partial charge in [0.25, 0.3) is 5.56 Å². The summed E-state index contributed by atoms with van der Waals surface area (Å²) < 4.78 is 41.9. The van der Waals surface area contributed by atoms with Crippen molar-refractivity contribution in [2.45, 2.75) is 71.9 Å². The van der Waals surface area contributed by atoms with Gasteiger partial charge in [0.2, 0.25) is 10.0 Å². The summed E-state index contributed by atoms with van der Waals surface area (Å²) in [4.78, 5) is 50.3. The maximum atomic E-state index is 13.6. The number of aryl methyl sites for hydroxylation is 1. The van der Waals surface area contributed by atoms with E-state index in [1.165, 1.54) is 12.1 Å². The van der Waals surface area contributed by atoms with E-state index in [2.05, 4.69) is 9.71 Å². The fraction of sp³-hybridized carbons (Fsp3) is 0.481. The Balaban J connectivity index is 2.42. The van der Waals surface area contributed by atoms with E-state index in [-0.39, 0.29) is 34.4 Å². The molecule has 0 radical (unpaired) electrons. The van der Waals surface area contributed by atoms with E-state index in [0.717, 1.165) is 12.2 Å². The summed E-state index contributed by atoms with van der Waals surface area (Å²) in [5.41, 5.74) is 0.141. The minimum Gasteiger partial charge on any atom is -0.489 e. The highest BCUT2D eigenvalue weighted by atomic mass is 32.2. The lowest BCUT2D eigenvalue weighted by atomic mass is 10.1. The maximum Gasteiger partial charge on any atom is 0.356 e. The van der Waals surface area contributed by atoms with Crippen LogP contribution in [0.1, 0.15) is 59.2 Å². The summed E-state index contributed by atoms with van der Waals surface area (Å²) in [6.07, 6.45) is 2.34. The lowest BCUT2D eigenvalue weighted by Gasteiger charge is -2.27. The van der Waals surface area contributed by atoms with Crippen LogP contribution in [0.15, 0.2) is 34.0 Å². The lowest BCUT2D eigenvalue weighted by Crippen LogP contribution is -2.45. The van der Waals surface area contributed by atoms with Crippen molar-refractivity contribution in [3.63, 3.8) is 0 Å². The molecular formula is C27H36N4O8S. The molecule has 3 rings (SSSR count). The van der Waals surface area contributed by atoms with Crippen molar-refractivity contribution in [1.29, 1.82) is 0 Å². The molecular weight excluding hydrogens is 540 g/mol. The van der Waals surface area contributed by atoms with Gasteiger partial charge in [0.15, 0.2) is 17.3 Å². The van der Waals surface area contributed by atoms with Crippen molar-refractivity contribution < 1.29 is 32.3 Å². The predicted molar refractivity (Wildman–Crippen MR) is 148 cm³/mol. The third kappa shape index (κ3) is 6.60. The molecule has 2 bridgehead atoms. The van der Waals surface area contributed by atoms with Crippen LogP contribution >= 0.6 is 0 Å². The molecule has 12 nitrogen and oxygen atoms in total. The zero-order valence-electron chi connectivity index (χ0n) is 23.6. The van der Waals surface area contributed by atoms with Gasteiger partial charge in [-0.15, -0.1) is 4.73 Å². The molecule has 1 unspecified atom stereocenters. The van der Waals surface area contributed by atoms with Crippen LogP contribution in [0.2, 0.25) is 0 Å². The first-order valence-corrected chi connectivity index (χ1v) is 14.8. The number of nitrogens with zero attached hydrogens (tertiary/aromatic N) is 3. The van der Waals surface area contributed by atoms with E-state index in [1.54, 1.807) is 13.8 Å². The van der Waals surface area contributed by atoms with Gasteiger partial charge in [-0.05, 0) is 45.3 Å². The first-order valence-electron chi connectivity index (χ1n) is 13.4. The Kier molecular flexibility index (Phi) is 10.2. The van der Waals surface area contributed by atoms with E-state index >= 15 is 0 Å². The number of sulfonamides is 1. The van der Waals surface area contributed by atoms with Gasteiger partial charge in [0.05, 0.1) is 28.9 Å². The predicted octanol–water partition coefficient (Wildman–Crippen LogP) is 2.22. The average Bonchev–Trinajstić information content (AvgIpc) is 2.92. The second-order valence-corrected chi connectivity index (χ2v) is 10.7. The first-order chi connectivity index (χ1) is 19.0. The SMILES string of the molecule is CCCOc1c2cc(S(=O)(=O)NC(C)N(CC)CC)cc1-c1nc(CC)c(CC)c(=O)n1OC(=O)C=CC(=O)O2. The smallest absolute Gasteiger partial charge is 0.356 e. The summed E-state index contributed by atoms with van der Waals surface area (Å²) in [6.45, 7) is 12.4. The first kappa shape index (κ1) is 31.0. The minimum atomic E-state index is -4.19. The van der Waals surface area contributed by atoms with E-state index in [4.69, 9.17) is 14.3 Å². The monoisotopic (exact) mass is 576 g/mol. The van der Waals surface area contributed by atoms with Gasteiger partial charge in [-0.2, -0.15) is 4.72 Å². The molecule has 1 aromatic carbocycles. The van der Waals surface area contributed by atoms with Gasteiger partial charge in [-0.3, -0.25) is 9.69 Å². The zero-order valence-corrected chi connectivity index (χ0v) is 24.5. The number of ether oxygens (including phenoxy) is 2. The number of hydrogen-bond acceptors (Lipinski definition) is 10. The van der Waals surface area contributed by atoms with Gasteiger partial charge in [-0.25, -0.2) is 23.0 Å². The Morgan fingerprint density at radius 3 is 2.30 bits per heavy atom. The number of benzene rings is 1. The molecule has 1 aromatic heterocycles. The van der Waals surface area contributed by atoms with E-state index in [0.29, 0.717) is 48.3 Å². The molecule has 218 valence electrons. The zero-order chi connectivity index (χ0) is 29.6. The van der Waals surface area contributed by atoms with Crippen LogP contribution in [0, 0.1) is 0 Å². The molecule has 1 N–H and O–H groups in total. The number of carbonyl (C=O) groups is 2.